The predicted octanol–water partition coefficient (Wildman–Crippen LogP) is 2.61. The lowest BCUT2D eigenvalue weighted by atomic mass is 9.97. The van der Waals surface area contributed by atoms with Gasteiger partial charge in [0.2, 0.25) is 0 Å². The number of aliphatic carboxylic acids is 1. The molecule has 1 N–H and O–H groups in total. The molecule has 1 aliphatic rings. The van der Waals surface area contributed by atoms with Crippen LogP contribution in [0.25, 0.3) is 10.8 Å². The first-order valence-corrected chi connectivity index (χ1v) is 10.1. The molecule has 1 unspecified atom stereocenters. The first-order chi connectivity index (χ1) is 14.3. The molecule has 2 heterocycles. The summed E-state index contributed by atoms with van der Waals surface area (Å²) in [6, 6.07) is 3.24. The minimum Gasteiger partial charge on any atom is -0.493 e. The lowest BCUT2D eigenvalue weighted by molar-refractivity contribution is -0.143. The smallest absolute Gasteiger partial charge is 0.308 e. The minimum atomic E-state index is -0.895. The van der Waals surface area contributed by atoms with Crippen molar-refractivity contribution in [3.8, 4) is 11.5 Å². The van der Waals surface area contributed by atoms with E-state index >= 15 is 0 Å². The number of ether oxygens (including phenoxy) is 2. The van der Waals surface area contributed by atoms with Gasteiger partial charge < -0.3 is 24.0 Å². The number of nitrogens with zero attached hydrogens (tertiary/aromatic N) is 2. The fourth-order valence-electron chi connectivity index (χ4n) is 3.95. The molecule has 162 valence electrons. The van der Waals surface area contributed by atoms with Crippen molar-refractivity contribution in [3.05, 3.63) is 34.2 Å². The van der Waals surface area contributed by atoms with Crippen LogP contribution in [0.3, 0.4) is 0 Å². The van der Waals surface area contributed by atoms with Crippen molar-refractivity contribution in [1.82, 2.24) is 9.47 Å². The number of likely N-dealkylation sites (tertiary alicyclic amines) is 1. The Morgan fingerprint density at radius 2 is 1.80 bits per heavy atom. The van der Waals surface area contributed by atoms with E-state index < -0.39 is 11.9 Å². The van der Waals surface area contributed by atoms with Gasteiger partial charge in [-0.3, -0.25) is 14.4 Å². The monoisotopic (exact) mass is 416 g/mol. The summed E-state index contributed by atoms with van der Waals surface area (Å²) in [5.41, 5.74) is 0.149. The highest BCUT2D eigenvalue weighted by Crippen LogP contribution is 2.33. The molecule has 1 amide bonds. The molecule has 30 heavy (non-hydrogen) atoms. The Labute approximate surface area is 175 Å². The lowest BCUT2D eigenvalue weighted by Crippen LogP contribution is -2.42. The standard InChI is InChI=1S/C22H28N2O6/c1-13(2)10-24-12-17(21(26)23-7-5-6-14(11-23)22(27)28)15-8-18(29-3)19(30-4)9-16(15)20(24)25/h8-9,12-14H,5-7,10-11H2,1-4H3,(H,27,28). The quantitative estimate of drug-likeness (QED) is 0.777. The average Bonchev–Trinajstić information content (AvgIpc) is 2.74. The zero-order chi connectivity index (χ0) is 22.0. The number of carboxylic acids is 1. The Morgan fingerprint density at radius 1 is 1.17 bits per heavy atom. The van der Waals surface area contributed by atoms with E-state index in [-0.39, 0.29) is 23.9 Å². The van der Waals surface area contributed by atoms with Crippen molar-refractivity contribution >= 4 is 22.6 Å². The van der Waals surface area contributed by atoms with Crippen molar-refractivity contribution in [2.45, 2.75) is 33.2 Å². The number of hydrogen-bond donors (Lipinski definition) is 1. The van der Waals surface area contributed by atoms with Crippen molar-refractivity contribution < 1.29 is 24.2 Å². The van der Waals surface area contributed by atoms with Crippen LogP contribution in [0.1, 0.15) is 37.0 Å². The molecule has 8 nitrogen and oxygen atoms in total. The summed E-state index contributed by atoms with van der Waals surface area (Å²) in [4.78, 5) is 39.5. The van der Waals surface area contributed by atoms with E-state index in [1.165, 1.54) is 14.2 Å². The molecule has 2 aromatic rings. The molecular formula is C22H28N2O6. The molecule has 1 aromatic carbocycles. The summed E-state index contributed by atoms with van der Waals surface area (Å²) in [6.07, 6.45) is 2.77. The Morgan fingerprint density at radius 3 is 2.37 bits per heavy atom. The molecule has 1 saturated heterocycles. The minimum absolute atomic E-state index is 0.159. The van der Waals surface area contributed by atoms with Crippen LogP contribution in [-0.4, -0.2) is 53.8 Å². The first-order valence-electron chi connectivity index (χ1n) is 10.1. The third kappa shape index (κ3) is 4.13. The number of aromatic nitrogens is 1. The summed E-state index contributed by atoms with van der Waals surface area (Å²) in [7, 11) is 2.98. The van der Waals surface area contributed by atoms with Gasteiger partial charge in [0.25, 0.3) is 11.5 Å². The molecule has 1 aromatic heterocycles. The largest absolute Gasteiger partial charge is 0.493 e. The number of fused-ring (bicyclic) bond motifs is 1. The zero-order valence-electron chi connectivity index (χ0n) is 17.8. The van der Waals surface area contributed by atoms with Gasteiger partial charge in [0.15, 0.2) is 11.5 Å². The Kier molecular flexibility index (Phi) is 6.34. The summed E-state index contributed by atoms with van der Waals surface area (Å²) < 4.78 is 12.3. The number of rotatable bonds is 6. The van der Waals surface area contributed by atoms with Crippen molar-refractivity contribution in [3.63, 3.8) is 0 Å². The summed E-state index contributed by atoms with van der Waals surface area (Å²) >= 11 is 0. The van der Waals surface area contributed by atoms with Gasteiger partial charge in [0.1, 0.15) is 0 Å². The number of pyridine rings is 1. The molecule has 8 heteroatoms. The van der Waals surface area contributed by atoms with E-state index in [4.69, 9.17) is 9.47 Å². The first kappa shape index (κ1) is 21.7. The Bertz CT molecular complexity index is 1030. The molecule has 1 fully saturated rings. The summed E-state index contributed by atoms with van der Waals surface area (Å²) in [6.45, 7) is 5.10. The van der Waals surface area contributed by atoms with E-state index in [0.717, 1.165) is 0 Å². The van der Waals surface area contributed by atoms with Crippen LogP contribution in [0.15, 0.2) is 23.1 Å². The molecule has 0 radical (unpaired) electrons. The van der Waals surface area contributed by atoms with Gasteiger partial charge in [-0.1, -0.05) is 13.8 Å². The SMILES string of the molecule is COc1cc2c(C(=O)N3CCCC(C(=O)O)C3)cn(CC(C)C)c(=O)c2cc1OC. The topological polar surface area (TPSA) is 98.1 Å². The van der Waals surface area contributed by atoms with Crippen LogP contribution in [0.2, 0.25) is 0 Å². The number of piperidine rings is 1. The maximum absolute atomic E-state index is 13.4. The van der Waals surface area contributed by atoms with E-state index in [1.807, 2.05) is 13.8 Å². The number of carbonyl (C=O) groups is 2. The summed E-state index contributed by atoms with van der Waals surface area (Å²) in [5, 5.41) is 10.2. The molecule has 1 atom stereocenters. The highest BCUT2D eigenvalue weighted by molar-refractivity contribution is 6.07. The van der Waals surface area contributed by atoms with Crippen LogP contribution in [0.4, 0.5) is 0 Å². The van der Waals surface area contributed by atoms with Gasteiger partial charge in [-0.2, -0.15) is 0 Å². The van der Waals surface area contributed by atoms with Crippen LogP contribution in [-0.2, 0) is 11.3 Å². The van der Waals surface area contributed by atoms with Gasteiger partial charge in [0, 0.05) is 31.2 Å². The van der Waals surface area contributed by atoms with Gasteiger partial charge >= 0.3 is 5.97 Å². The molecule has 0 aliphatic carbocycles. The second-order valence-electron chi connectivity index (χ2n) is 8.08. The fraction of sp³-hybridized carbons (Fsp3) is 0.500. The molecule has 1 aliphatic heterocycles. The van der Waals surface area contributed by atoms with E-state index in [9.17, 15) is 19.5 Å². The van der Waals surface area contributed by atoms with E-state index in [0.29, 0.717) is 53.8 Å². The lowest BCUT2D eigenvalue weighted by Gasteiger charge is -2.31. The van der Waals surface area contributed by atoms with E-state index in [2.05, 4.69) is 0 Å². The second kappa shape index (κ2) is 8.77. The maximum Gasteiger partial charge on any atom is 0.308 e. The van der Waals surface area contributed by atoms with Gasteiger partial charge in [-0.25, -0.2) is 0 Å². The fourth-order valence-corrected chi connectivity index (χ4v) is 3.95. The third-order valence-electron chi connectivity index (χ3n) is 5.44. The average molecular weight is 416 g/mol. The summed E-state index contributed by atoms with van der Waals surface area (Å²) in [5.74, 6) is -0.724. The maximum atomic E-state index is 13.4. The van der Waals surface area contributed by atoms with Gasteiger partial charge in [0.05, 0.1) is 31.1 Å². The molecular weight excluding hydrogens is 388 g/mol. The number of benzene rings is 1. The highest BCUT2D eigenvalue weighted by Gasteiger charge is 2.30. The van der Waals surface area contributed by atoms with Crippen molar-refractivity contribution in [2.24, 2.45) is 11.8 Å². The highest BCUT2D eigenvalue weighted by atomic mass is 16.5. The number of amides is 1. The number of carbonyl (C=O) groups excluding carboxylic acids is 1. The Hall–Kier alpha value is -3.03. The van der Waals surface area contributed by atoms with Crippen LogP contribution >= 0.6 is 0 Å². The number of methoxy groups -OCH3 is 2. The third-order valence-corrected chi connectivity index (χ3v) is 5.44. The molecule has 0 bridgehead atoms. The van der Waals surface area contributed by atoms with Crippen LogP contribution in [0.5, 0.6) is 11.5 Å². The number of carboxylic acid groups (broad SMARTS) is 1. The van der Waals surface area contributed by atoms with Crippen molar-refractivity contribution in [2.75, 3.05) is 27.3 Å². The van der Waals surface area contributed by atoms with Gasteiger partial charge in [-0.05, 0) is 30.9 Å². The van der Waals surface area contributed by atoms with E-state index in [1.54, 1.807) is 27.8 Å². The van der Waals surface area contributed by atoms with Crippen LogP contribution < -0.4 is 15.0 Å². The molecule has 0 spiro atoms. The van der Waals surface area contributed by atoms with Crippen molar-refractivity contribution in [1.29, 1.82) is 0 Å². The molecule has 0 saturated carbocycles. The second-order valence-corrected chi connectivity index (χ2v) is 8.08. The Balaban J connectivity index is 2.18. The predicted molar refractivity (Wildman–Crippen MR) is 112 cm³/mol. The van der Waals surface area contributed by atoms with Crippen LogP contribution in [0, 0.1) is 11.8 Å². The number of hydrogen-bond acceptors (Lipinski definition) is 5. The zero-order valence-corrected chi connectivity index (χ0v) is 17.8. The van der Waals surface area contributed by atoms with Gasteiger partial charge in [-0.15, -0.1) is 0 Å². The normalized spacial score (nSPS) is 16.7. The molecule has 3 rings (SSSR count).